The smallest absolute Gasteiger partial charge is 0.410 e. The summed E-state index contributed by atoms with van der Waals surface area (Å²) in [7, 11) is 0. The first kappa shape index (κ1) is 17.7. The Kier molecular flexibility index (Phi) is 4.90. The molecule has 3 rings (SSSR count). The number of carbonyl (C=O) groups is 1. The molecular weight excluding hydrogens is 421 g/mol. The number of ether oxygens (including phenoxy) is 2. The van der Waals surface area contributed by atoms with Crippen LogP contribution in [0.2, 0.25) is 0 Å². The lowest BCUT2D eigenvalue weighted by molar-refractivity contribution is 0.0161. The quantitative estimate of drug-likeness (QED) is 0.667. The molecule has 1 saturated carbocycles. The molecule has 1 spiro atoms. The summed E-state index contributed by atoms with van der Waals surface area (Å²) in [5, 5.41) is 8.03. The van der Waals surface area contributed by atoms with Gasteiger partial charge in [0.2, 0.25) is 5.88 Å². The standard InChI is InChI=1S/C17H24IN3O3/c1-16(2,3)24-15(22)21-8-6-17(7-9-21)10-12(17)11-23-14-5-4-13(18)19-20-14/h4-5,12H,6-11H2,1-3H3. The van der Waals surface area contributed by atoms with E-state index >= 15 is 0 Å². The minimum atomic E-state index is -0.434. The second-order valence-corrected chi connectivity index (χ2v) is 8.84. The molecule has 0 radical (unpaired) electrons. The Morgan fingerprint density at radius 2 is 2.04 bits per heavy atom. The summed E-state index contributed by atoms with van der Waals surface area (Å²) in [5.74, 6) is 1.14. The van der Waals surface area contributed by atoms with Gasteiger partial charge < -0.3 is 14.4 Å². The van der Waals surface area contributed by atoms with E-state index in [9.17, 15) is 4.79 Å². The van der Waals surface area contributed by atoms with Gasteiger partial charge in [-0.2, -0.15) is 0 Å². The predicted octanol–water partition coefficient (Wildman–Crippen LogP) is 3.50. The molecule has 1 atom stereocenters. The molecule has 0 aromatic carbocycles. The summed E-state index contributed by atoms with van der Waals surface area (Å²) in [6.07, 6.45) is 3.03. The fourth-order valence-electron chi connectivity index (χ4n) is 3.31. The highest BCUT2D eigenvalue weighted by Gasteiger charge is 2.55. The van der Waals surface area contributed by atoms with Gasteiger partial charge in [0.25, 0.3) is 0 Å². The van der Waals surface area contributed by atoms with Gasteiger partial charge in [0.05, 0.1) is 6.61 Å². The lowest BCUT2D eigenvalue weighted by Crippen LogP contribution is -2.42. The van der Waals surface area contributed by atoms with Crippen LogP contribution in [0.3, 0.4) is 0 Å². The Bertz CT molecular complexity index is 592. The van der Waals surface area contributed by atoms with Gasteiger partial charge in [-0.1, -0.05) is 0 Å². The van der Waals surface area contributed by atoms with Crippen LogP contribution in [0.4, 0.5) is 4.79 Å². The van der Waals surface area contributed by atoms with Crippen molar-refractivity contribution in [2.24, 2.45) is 11.3 Å². The third-order valence-electron chi connectivity index (χ3n) is 4.81. The van der Waals surface area contributed by atoms with Crippen molar-refractivity contribution in [1.82, 2.24) is 15.1 Å². The second-order valence-electron chi connectivity index (χ2n) is 7.74. The van der Waals surface area contributed by atoms with Crippen LogP contribution < -0.4 is 4.74 Å². The van der Waals surface area contributed by atoms with E-state index in [-0.39, 0.29) is 6.09 Å². The first-order valence-corrected chi connectivity index (χ1v) is 9.45. The maximum atomic E-state index is 12.1. The Hall–Kier alpha value is -1.12. The topological polar surface area (TPSA) is 64.5 Å². The van der Waals surface area contributed by atoms with E-state index in [4.69, 9.17) is 9.47 Å². The molecule has 1 amide bonds. The molecule has 24 heavy (non-hydrogen) atoms. The van der Waals surface area contributed by atoms with Gasteiger partial charge in [-0.3, -0.25) is 0 Å². The molecule has 1 saturated heterocycles. The van der Waals surface area contributed by atoms with Gasteiger partial charge in [-0.25, -0.2) is 4.79 Å². The lowest BCUT2D eigenvalue weighted by atomic mass is 9.91. The van der Waals surface area contributed by atoms with E-state index in [1.54, 1.807) is 0 Å². The molecule has 2 aliphatic rings. The van der Waals surface area contributed by atoms with Crippen LogP contribution >= 0.6 is 22.6 Å². The van der Waals surface area contributed by atoms with E-state index in [0.29, 0.717) is 23.8 Å². The highest BCUT2D eigenvalue weighted by Crippen LogP contribution is 2.59. The number of piperidine rings is 1. The summed E-state index contributed by atoms with van der Waals surface area (Å²) in [5.41, 5.74) is -0.0914. The van der Waals surface area contributed by atoms with E-state index in [0.717, 1.165) is 29.6 Å². The Morgan fingerprint density at radius 1 is 1.33 bits per heavy atom. The third kappa shape index (κ3) is 4.29. The molecule has 0 bridgehead atoms. The molecule has 1 aromatic rings. The van der Waals surface area contributed by atoms with Crippen molar-refractivity contribution in [2.75, 3.05) is 19.7 Å². The number of carbonyl (C=O) groups excluding carboxylic acids is 1. The second kappa shape index (κ2) is 6.65. The zero-order chi connectivity index (χ0) is 17.4. The first-order valence-electron chi connectivity index (χ1n) is 8.37. The lowest BCUT2D eigenvalue weighted by Gasteiger charge is -2.34. The molecule has 132 valence electrons. The van der Waals surface area contributed by atoms with Crippen LogP contribution in [0.1, 0.15) is 40.0 Å². The largest absolute Gasteiger partial charge is 0.476 e. The van der Waals surface area contributed by atoms with Gasteiger partial charge in [-0.05, 0) is 80.0 Å². The highest BCUT2D eigenvalue weighted by atomic mass is 127. The van der Waals surface area contributed by atoms with E-state index in [1.165, 1.54) is 6.42 Å². The minimum absolute atomic E-state index is 0.194. The normalized spacial score (nSPS) is 22.3. The molecule has 1 aliphatic carbocycles. The van der Waals surface area contributed by atoms with Crippen LogP contribution in [0.25, 0.3) is 0 Å². The van der Waals surface area contributed by atoms with E-state index in [2.05, 4.69) is 32.8 Å². The average Bonchev–Trinajstić information content (AvgIpc) is 3.18. The van der Waals surface area contributed by atoms with Crippen LogP contribution in [-0.4, -0.2) is 46.5 Å². The van der Waals surface area contributed by atoms with Gasteiger partial charge in [0, 0.05) is 19.2 Å². The average molecular weight is 445 g/mol. The number of hydrogen-bond donors (Lipinski definition) is 0. The molecular formula is C17H24IN3O3. The van der Waals surface area contributed by atoms with Crippen molar-refractivity contribution < 1.29 is 14.3 Å². The number of likely N-dealkylation sites (tertiary alicyclic amines) is 1. The fraction of sp³-hybridized carbons (Fsp3) is 0.706. The first-order chi connectivity index (χ1) is 11.3. The maximum Gasteiger partial charge on any atom is 0.410 e. The van der Waals surface area contributed by atoms with Crippen molar-refractivity contribution >= 4 is 28.7 Å². The summed E-state index contributed by atoms with van der Waals surface area (Å²) < 4.78 is 12.1. The summed E-state index contributed by atoms with van der Waals surface area (Å²) in [4.78, 5) is 14.0. The molecule has 1 aromatic heterocycles. The number of aromatic nitrogens is 2. The number of nitrogens with zero attached hydrogens (tertiary/aromatic N) is 3. The molecule has 0 N–H and O–H groups in total. The molecule has 1 unspecified atom stereocenters. The van der Waals surface area contributed by atoms with Crippen molar-refractivity contribution in [3.05, 3.63) is 15.8 Å². The van der Waals surface area contributed by atoms with E-state index in [1.807, 2.05) is 37.8 Å². The van der Waals surface area contributed by atoms with Crippen molar-refractivity contribution in [3.8, 4) is 5.88 Å². The zero-order valence-corrected chi connectivity index (χ0v) is 16.6. The van der Waals surface area contributed by atoms with Gasteiger partial charge in [0.1, 0.15) is 9.30 Å². The van der Waals surface area contributed by atoms with Crippen molar-refractivity contribution in [1.29, 1.82) is 0 Å². The van der Waals surface area contributed by atoms with Crippen molar-refractivity contribution in [2.45, 2.75) is 45.6 Å². The molecule has 1 aliphatic heterocycles. The number of halogens is 1. The molecule has 7 heteroatoms. The molecule has 2 heterocycles. The fourth-order valence-corrected chi connectivity index (χ4v) is 3.60. The summed E-state index contributed by atoms with van der Waals surface area (Å²) >= 11 is 2.12. The van der Waals surface area contributed by atoms with Crippen LogP contribution in [0.15, 0.2) is 12.1 Å². The van der Waals surface area contributed by atoms with E-state index < -0.39 is 5.60 Å². The Balaban J connectivity index is 1.44. The SMILES string of the molecule is CC(C)(C)OC(=O)N1CCC2(CC1)CC2COc1ccc(I)nn1. The van der Waals surface area contributed by atoms with Crippen LogP contribution in [-0.2, 0) is 4.74 Å². The predicted molar refractivity (Wildman–Crippen MR) is 97.8 cm³/mol. The summed E-state index contributed by atoms with van der Waals surface area (Å²) in [6.45, 7) is 7.93. The van der Waals surface area contributed by atoms with Gasteiger partial charge in [-0.15, -0.1) is 10.2 Å². The van der Waals surface area contributed by atoms with Crippen molar-refractivity contribution in [3.63, 3.8) is 0 Å². The Morgan fingerprint density at radius 3 is 2.62 bits per heavy atom. The Labute approximate surface area is 156 Å². The minimum Gasteiger partial charge on any atom is -0.476 e. The number of amides is 1. The number of hydrogen-bond acceptors (Lipinski definition) is 5. The maximum absolute atomic E-state index is 12.1. The van der Waals surface area contributed by atoms with Crippen LogP contribution in [0, 0.1) is 15.0 Å². The van der Waals surface area contributed by atoms with Gasteiger partial charge >= 0.3 is 6.09 Å². The number of rotatable bonds is 3. The van der Waals surface area contributed by atoms with Gasteiger partial charge in [0.15, 0.2) is 0 Å². The molecule has 2 fully saturated rings. The summed E-state index contributed by atoms with van der Waals surface area (Å²) in [6, 6.07) is 3.75. The third-order valence-corrected chi connectivity index (χ3v) is 5.39. The van der Waals surface area contributed by atoms with Crippen LogP contribution in [0.5, 0.6) is 5.88 Å². The zero-order valence-electron chi connectivity index (χ0n) is 14.4. The molecule has 6 nitrogen and oxygen atoms in total. The highest BCUT2D eigenvalue weighted by molar-refractivity contribution is 14.1. The monoisotopic (exact) mass is 445 g/mol.